The zero-order valence-corrected chi connectivity index (χ0v) is 21.8. The fraction of sp³-hybridized carbons (Fsp3) is 0.364. The van der Waals surface area contributed by atoms with Gasteiger partial charge in [-0.15, -0.1) is 24.5 Å². The lowest BCUT2D eigenvalue weighted by Gasteiger charge is -2.38. The second-order valence-corrected chi connectivity index (χ2v) is 11.6. The molecule has 2 unspecified atom stereocenters. The first-order valence-corrected chi connectivity index (χ1v) is 14.2. The van der Waals surface area contributed by atoms with Gasteiger partial charge in [0.05, 0.1) is 4.47 Å². The first-order valence-electron chi connectivity index (χ1n) is 10.4. The number of nitrogens with zero attached hydrogens (tertiary/aromatic N) is 2. The standard InChI is InChI=1S/C22H22BrF3N2O3S3/c23-20-18-3-1-2-4-19(18)33-21(20)28(34(29)30)14-16(27-9-11-32-12-10-27)13-15-5-7-17(8-6-15)31-22(24,25)26/h1-8,16H,9-14H2,(H,29,30)/p-1. The second-order valence-electron chi connectivity index (χ2n) is 7.69. The molecule has 0 saturated carbocycles. The van der Waals surface area contributed by atoms with Crippen LogP contribution in [0, 0.1) is 0 Å². The predicted octanol–water partition coefficient (Wildman–Crippen LogP) is 5.82. The summed E-state index contributed by atoms with van der Waals surface area (Å²) < 4.78 is 69.2. The van der Waals surface area contributed by atoms with E-state index in [9.17, 15) is 21.9 Å². The summed E-state index contributed by atoms with van der Waals surface area (Å²) in [6, 6.07) is 13.3. The zero-order chi connectivity index (χ0) is 24.3. The van der Waals surface area contributed by atoms with Crippen molar-refractivity contribution in [1.82, 2.24) is 4.90 Å². The van der Waals surface area contributed by atoms with Crippen LogP contribution in [0.5, 0.6) is 5.75 Å². The first-order chi connectivity index (χ1) is 16.2. The SMILES string of the molecule is O=S([O-])N(CC(Cc1ccc(OC(F)(F)F)cc1)N1CCSCC1)c1sc2ccccc2c1Br. The average Bonchev–Trinajstić information content (AvgIpc) is 3.13. The van der Waals surface area contributed by atoms with E-state index in [-0.39, 0.29) is 18.3 Å². The van der Waals surface area contributed by atoms with Crippen molar-refractivity contribution in [3.05, 3.63) is 58.6 Å². The molecular formula is C22H21BrF3N2O3S3-. The van der Waals surface area contributed by atoms with Crippen LogP contribution in [0.2, 0.25) is 0 Å². The molecule has 0 radical (unpaired) electrons. The Labute approximate surface area is 214 Å². The summed E-state index contributed by atoms with van der Waals surface area (Å²) in [7, 11) is 0. The number of rotatable bonds is 8. The predicted molar refractivity (Wildman–Crippen MR) is 135 cm³/mol. The molecule has 12 heteroatoms. The van der Waals surface area contributed by atoms with Crippen LogP contribution >= 0.6 is 39.0 Å². The Morgan fingerprint density at radius 2 is 1.82 bits per heavy atom. The molecule has 1 aliphatic heterocycles. The zero-order valence-electron chi connectivity index (χ0n) is 17.8. The van der Waals surface area contributed by atoms with Crippen molar-refractivity contribution in [3.8, 4) is 5.75 Å². The van der Waals surface area contributed by atoms with Gasteiger partial charge in [-0.2, -0.15) is 11.8 Å². The second kappa shape index (κ2) is 11.2. The molecule has 2 heterocycles. The minimum atomic E-state index is -4.74. The fourth-order valence-corrected chi connectivity index (χ4v) is 7.72. The van der Waals surface area contributed by atoms with Gasteiger partial charge in [0, 0.05) is 58.5 Å². The molecule has 0 N–H and O–H groups in total. The number of thiophene rings is 1. The molecule has 5 nitrogen and oxygen atoms in total. The lowest BCUT2D eigenvalue weighted by Crippen LogP contribution is -2.49. The third-order valence-electron chi connectivity index (χ3n) is 5.49. The van der Waals surface area contributed by atoms with E-state index < -0.39 is 17.6 Å². The van der Waals surface area contributed by atoms with Gasteiger partial charge in [-0.25, -0.2) is 0 Å². The van der Waals surface area contributed by atoms with Crippen LogP contribution in [0.15, 0.2) is 53.0 Å². The van der Waals surface area contributed by atoms with E-state index >= 15 is 0 Å². The Balaban J connectivity index is 1.59. The van der Waals surface area contributed by atoms with E-state index in [1.54, 1.807) is 12.1 Å². The normalized spacial score (nSPS) is 17.0. The lowest BCUT2D eigenvalue weighted by atomic mass is 10.0. The summed E-state index contributed by atoms with van der Waals surface area (Å²) in [6.45, 7) is 1.86. The summed E-state index contributed by atoms with van der Waals surface area (Å²) in [6.07, 6.45) is -4.25. The van der Waals surface area contributed by atoms with E-state index in [1.807, 2.05) is 36.0 Å². The van der Waals surface area contributed by atoms with Crippen molar-refractivity contribution in [2.24, 2.45) is 0 Å². The van der Waals surface area contributed by atoms with Crippen molar-refractivity contribution in [2.75, 3.05) is 35.4 Å². The van der Waals surface area contributed by atoms with Gasteiger partial charge in [0.1, 0.15) is 10.8 Å². The van der Waals surface area contributed by atoms with Crippen LogP contribution in [-0.2, 0) is 17.7 Å². The summed E-state index contributed by atoms with van der Waals surface area (Å²) in [5.41, 5.74) is 0.810. The van der Waals surface area contributed by atoms with Gasteiger partial charge in [0.25, 0.3) is 0 Å². The van der Waals surface area contributed by atoms with Crippen LogP contribution in [0.25, 0.3) is 10.1 Å². The number of fused-ring (bicyclic) bond motifs is 1. The molecule has 0 amide bonds. The number of hydrogen-bond donors (Lipinski definition) is 0. The van der Waals surface area contributed by atoms with Crippen LogP contribution in [0.1, 0.15) is 5.56 Å². The Bertz CT molecular complexity index is 1140. The highest BCUT2D eigenvalue weighted by atomic mass is 79.9. The first kappa shape index (κ1) is 25.8. The number of ether oxygens (including phenoxy) is 1. The van der Waals surface area contributed by atoms with E-state index in [1.165, 1.54) is 27.8 Å². The van der Waals surface area contributed by atoms with Crippen molar-refractivity contribution in [2.45, 2.75) is 18.8 Å². The topological polar surface area (TPSA) is 55.8 Å². The van der Waals surface area contributed by atoms with Gasteiger partial charge in [-0.3, -0.25) is 13.4 Å². The number of anilines is 1. The molecule has 1 fully saturated rings. The fourth-order valence-electron chi connectivity index (χ4n) is 3.92. The third-order valence-corrected chi connectivity index (χ3v) is 9.50. The van der Waals surface area contributed by atoms with E-state index in [0.717, 1.165) is 44.7 Å². The molecule has 34 heavy (non-hydrogen) atoms. The lowest BCUT2D eigenvalue weighted by molar-refractivity contribution is -0.274. The molecule has 1 saturated heterocycles. The van der Waals surface area contributed by atoms with Gasteiger partial charge >= 0.3 is 6.36 Å². The van der Waals surface area contributed by atoms with Crippen LogP contribution in [0.3, 0.4) is 0 Å². The van der Waals surface area contributed by atoms with Crippen molar-refractivity contribution in [3.63, 3.8) is 0 Å². The van der Waals surface area contributed by atoms with Crippen LogP contribution in [0.4, 0.5) is 18.2 Å². The van der Waals surface area contributed by atoms with E-state index in [2.05, 4.69) is 25.6 Å². The number of alkyl halides is 3. The highest BCUT2D eigenvalue weighted by Crippen LogP contribution is 2.42. The Morgan fingerprint density at radius 1 is 1.15 bits per heavy atom. The molecule has 0 bridgehead atoms. The number of thioether (sulfide) groups is 1. The molecule has 4 rings (SSSR count). The van der Waals surface area contributed by atoms with Gasteiger partial charge in [0.2, 0.25) is 0 Å². The molecular weight excluding hydrogens is 573 g/mol. The van der Waals surface area contributed by atoms with Crippen molar-refractivity contribution in [1.29, 1.82) is 0 Å². The Kier molecular flexibility index (Phi) is 8.47. The molecule has 0 aliphatic carbocycles. The molecule has 3 aromatic rings. The summed E-state index contributed by atoms with van der Waals surface area (Å²) in [5, 5.41) is 1.56. The monoisotopic (exact) mass is 593 g/mol. The minimum Gasteiger partial charge on any atom is -0.755 e. The quantitative estimate of drug-likeness (QED) is 0.308. The van der Waals surface area contributed by atoms with E-state index in [4.69, 9.17) is 0 Å². The molecule has 1 aromatic heterocycles. The van der Waals surface area contributed by atoms with Crippen molar-refractivity contribution < 1.29 is 26.7 Å². The Morgan fingerprint density at radius 3 is 2.44 bits per heavy atom. The number of halogens is 4. The Hall–Kier alpha value is -1.31. The highest BCUT2D eigenvalue weighted by Gasteiger charge is 2.31. The van der Waals surface area contributed by atoms with Gasteiger partial charge in [0.15, 0.2) is 0 Å². The smallest absolute Gasteiger partial charge is 0.573 e. The molecule has 184 valence electrons. The van der Waals surface area contributed by atoms with Gasteiger partial charge < -0.3 is 9.29 Å². The molecule has 2 atom stereocenters. The molecule has 2 aromatic carbocycles. The average molecular weight is 595 g/mol. The van der Waals surface area contributed by atoms with Crippen LogP contribution in [-0.4, -0.2) is 57.2 Å². The summed E-state index contributed by atoms with van der Waals surface area (Å²) >= 11 is 4.33. The number of hydrogen-bond acceptors (Lipinski definition) is 6. The largest absolute Gasteiger partial charge is 0.755 e. The minimum absolute atomic E-state index is 0.148. The summed E-state index contributed by atoms with van der Waals surface area (Å²) in [5.74, 6) is 1.61. The third kappa shape index (κ3) is 6.46. The maximum atomic E-state index is 12.5. The summed E-state index contributed by atoms with van der Waals surface area (Å²) in [4.78, 5) is 2.26. The van der Waals surface area contributed by atoms with Gasteiger partial charge in [-0.05, 0) is 46.1 Å². The maximum absolute atomic E-state index is 12.5. The molecule has 1 aliphatic rings. The van der Waals surface area contributed by atoms with Gasteiger partial charge in [-0.1, -0.05) is 30.3 Å². The number of benzene rings is 2. The highest BCUT2D eigenvalue weighted by molar-refractivity contribution is 9.10. The maximum Gasteiger partial charge on any atom is 0.573 e. The molecule has 0 spiro atoms. The van der Waals surface area contributed by atoms with E-state index in [0.29, 0.717) is 11.4 Å². The van der Waals surface area contributed by atoms with Crippen LogP contribution < -0.4 is 9.04 Å². The van der Waals surface area contributed by atoms with Crippen molar-refractivity contribution >= 4 is 65.4 Å².